The first-order valence-electron chi connectivity index (χ1n) is 6.25. The van der Waals surface area contributed by atoms with Gasteiger partial charge in [-0.1, -0.05) is 12.1 Å². The Kier molecular flexibility index (Phi) is 4.11. The number of nitro benzene ring substituents is 1. The summed E-state index contributed by atoms with van der Waals surface area (Å²) in [6, 6.07) is 6.58. The number of hydrogen-bond acceptors (Lipinski definition) is 4. The number of likely N-dealkylation sites (tertiary alicyclic amines) is 1. The fourth-order valence-electron chi connectivity index (χ4n) is 2.36. The molecule has 1 aromatic carbocycles. The summed E-state index contributed by atoms with van der Waals surface area (Å²) in [6.07, 6.45) is 1.29. The molecule has 2 rings (SSSR count). The highest BCUT2D eigenvalue weighted by molar-refractivity contribution is 5.70. The van der Waals surface area contributed by atoms with Gasteiger partial charge in [-0.2, -0.15) is 0 Å². The summed E-state index contributed by atoms with van der Waals surface area (Å²) >= 11 is 0. The van der Waals surface area contributed by atoms with E-state index < -0.39 is 10.9 Å². The first kappa shape index (κ1) is 13.5. The average Bonchev–Trinajstić information content (AvgIpc) is 2.39. The molecule has 1 aliphatic heterocycles. The maximum atomic E-state index is 10.8. The van der Waals surface area contributed by atoms with Crippen molar-refractivity contribution in [3.63, 3.8) is 0 Å². The lowest BCUT2D eigenvalue weighted by molar-refractivity contribution is -0.384. The molecule has 1 aromatic rings. The van der Waals surface area contributed by atoms with Crippen LogP contribution in [0.4, 0.5) is 5.69 Å². The lowest BCUT2D eigenvalue weighted by Gasteiger charge is -2.29. The molecule has 1 aliphatic rings. The minimum absolute atomic E-state index is 0.0953. The van der Waals surface area contributed by atoms with Crippen LogP contribution in [0, 0.1) is 16.0 Å². The highest BCUT2D eigenvalue weighted by Gasteiger charge is 2.24. The summed E-state index contributed by atoms with van der Waals surface area (Å²) in [7, 11) is 0. The summed E-state index contributed by atoms with van der Waals surface area (Å²) in [5, 5.41) is 19.6. The SMILES string of the molecule is O=C(O)C1CCN(Cc2cccc([N+](=O)[O-])c2)CC1. The average molecular weight is 264 g/mol. The molecule has 19 heavy (non-hydrogen) atoms. The van der Waals surface area contributed by atoms with Gasteiger partial charge in [-0.15, -0.1) is 0 Å². The van der Waals surface area contributed by atoms with Crippen LogP contribution in [0.2, 0.25) is 0 Å². The maximum Gasteiger partial charge on any atom is 0.306 e. The Morgan fingerprint density at radius 2 is 2.11 bits per heavy atom. The van der Waals surface area contributed by atoms with Crippen LogP contribution in [0.1, 0.15) is 18.4 Å². The standard InChI is InChI=1S/C13H16N2O4/c16-13(17)11-4-6-14(7-5-11)9-10-2-1-3-12(8-10)15(18)19/h1-3,8,11H,4-7,9H2,(H,16,17). The fourth-order valence-corrected chi connectivity index (χ4v) is 2.36. The number of non-ortho nitro benzene ring substituents is 1. The van der Waals surface area contributed by atoms with E-state index in [4.69, 9.17) is 5.11 Å². The van der Waals surface area contributed by atoms with Crippen molar-refractivity contribution >= 4 is 11.7 Å². The van der Waals surface area contributed by atoms with Crippen LogP contribution in [0.5, 0.6) is 0 Å². The van der Waals surface area contributed by atoms with Gasteiger partial charge in [0.15, 0.2) is 0 Å². The molecule has 0 aliphatic carbocycles. The minimum atomic E-state index is -0.727. The Morgan fingerprint density at radius 3 is 2.68 bits per heavy atom. The number of carboxylic acid groups (broad SMARTS) is 1. The zero-order valence-corrected chi connectivity index (χ0v) is 10.5. The highest BCUT2D eigenvalue weighted by Crippen LogP contribution is 2.20. The molecule has 102 valence electrons. The van der Waals surface area contributed by atoms with Gasteiger partial charge in [0.1, 0.15) is 0 Å². The molecule has 6 nitrogen and oxygen atoms in total. The van der Waals surface area contributed by atoms with Gasteiger partial charge < -0.3 is 5.11 Å². The van der Waals surface area contributed by atoms with Crippen molar-refractivity contribution in [2.75, 3.05) is 13.1 Å². The summed E-state index contributed by atoms with van der Waals surface area (Å²) in [4.78, 5) is 23.3. The van der Waals surface area contributed by atoms with Crippen molar-refractivity contribution in [1.29, 1.82) is 0 Å². The smallest absolute Gasteiger partial charge is 0.306 e. The van der Waals surface area contributed by atoms with Crippen molar-refractivity contribution in [1.82, 2.24) is 4.90 Å². The van der Waals surface area contributed by atoms with Crippen molar-refractivity contribution in [2.45, 2.75) is 19.4 Å². The van der Waals surface area contributed by atoms with Gasteiger partial charge in [-0.3, -0.25) is 19.8 Å². The number of rotatable bonds is 4. The van der Waals surface area contributed by atoms with E-state index >= 15 is 0 Å². The Labute approximate surface area is 110 Å². The third-order valence-electron chi connectivity index (χ3n) is 3.46. The van der Waals surface area contributed by atoms with Gasteiger partial charge in [0.05, 0.1) is 10.8 Å². The van der Waals surface area contributed by atoms with E-state index in [1.165, 1.54) is 6.07 Å². The molecule has 1 saturated heterocycles. The van der Waals surface area contributed by atoms with Gasteiger partial charge in [0.2, 0.25) is 0 Å². The quantitative estimate of drug-likeness (QED) is 0.663. The molecular formula is C13H16N2O4. The summed E-state index contributed by atoms with van der Waals surface area (Å²) in [6.45, 7) is 2.08. The molecule has 0 bridgehead atoms. The first-order valence-corrected chi connectivity index (χ1v) is 6.25. The van der Waals surface area contributed by atoms with E-state index in [1.54, 1.807) is 12.1 Å². The molecule has 0 radical (unpaired) electrons. The van der Waals surface area contributed by atoms with Crippen LogP contribution in [0.3, 0.4) is 0 Å². The van der Waals surface area contributed by atoms with Crippen LogP contribution >= 0.6 is 0 Å². The number of nitrogens with zero attached hydrogens (tertiary/aromatic N) is 2. The van der Waals surface area contributed by atoms with E-state index in [1.807, 2.05) is 6.07 Å². The molecule has 0 unspecified atom stereocenters. The third kappa shape index (κ3) is 3.51. The van der Waals surface area contributed by atoms with E-state index in [0.29, 0.717) is 19.4 Å². The molecule has 0 aromatic heterocycles. The van der Waals surface area contributed by atoms with Gasteiger partial charge in [-0.25, -0.2) is 0 Å². The predicted molar refractivity (Wildman–Crippen MR) is 68.7 cm³/mol. The van der Waals surface area contributed by atoms with Gasteiger partial charge in [0.25, 0.3) is 5.69 Å². The molecule has 1 heterocycles. The number of nitro groups is 1. The molecule has 0 atom stereocenters. The van der Waals surface area contributed by atoms with E-state index in [-0.39, 0.29) is 11.6 Å². The van der Waals surface area contributed by atoms with Gasteiger partial charge in [-0.05, 0) is 31.5 Å². The second kappa shape index (κ2) is 5.79. The summed E-state index contributed by atoms with van der Waals surface area (Å²) in [5.41, 5.74) is 0.987. The molecule has 1 N–H and O–H groups in total. The Morgan fingerprint density at radius 1 is 1.42 bits per heavy atom. The lowest BCUT2D eigenvalue weighted by Crippen LogP contribution is -2.35. The van der Waals surface area contributed by atoms with Crippen LogP contribution in [-0.4, -0.2) is 34.0 Å². The van der Waals surface area contributed by atoms with Crippen molar-refractivity contribution in [2.24, 2.45) is 5.92 Å². The molecule has 0 saturated carbocycles. The third-order valence-corrected chi connectivity index (χ3v) is 3.46. The van der Waals surface area contributed by atoms with Crippen LogP contribution < -0.4 is 0 Å². The Balaban J connectivity index is 1.94. The Hall–Kier alpha value is -1.95. The number of hydrogen-bond donors (Lipinski definition) is 1. The fraction of sp³-hybridized carbons (Fsp3) is 0.462. The van der Waals surface area contributed by atoms with Crippen LogP contribution in [0.25, 0.3) is 0 Å². The minimum Gasteiger partial charge on any atom is -0.481 e. The summed E-state index contributed by atoms with van der Waals surface area (Å²) in [5.74, 6) is -0.976. The zero-order valence-electron chi connectivity index (χ0n) is 10.5. The predicted octanol–water partition coefficient (Wildman–Crippen LogP) is 1.89. The topological polar surface area (TPSA) is 83.7 Å². The van der Waals surface area contributed by atoms with Crippen molar-refractivity contribution in [3.8, 4) is 0 Å². The number of carboxylic acids is 1. The lowest BCUT2D eigenvalue weighted by atomic mass is 9.97. The van der Waals surface area contributed by atoms with Crippen molar-refractivity contribution in [3.05, 3.63) is 39.9 Å². The van der Waals surface area contributed by atoms with Gasteiger partial charge in [0, 0.05) is 18.7 Å². The van der Waals surface area contributed by atoms with E-state index in [0.717, 1.165) is 18.7 Å². The molecule has 6 heteroatoms. The highest BCUT2D eigenvalue weighted by atomic mass is 16.6. The summed E-state index contributed by atoms with van der Waals surface area (Å²) < 4.78 is 0. The molecule has 0 spiro atoms. The van der Waals surface area contributed by atoms with Crippen LogP contribution in [-0.2, 0) is 11.3 Å². The number of aliphatic carboxylic acids is 1. The monoisotopic (exact) mass is 264 g/mol. The largest absolute Gasteiger partial charge is 0.481 e. The normalized spacial score (nSPS) is 17.3. The van der Waals surface area contributed by atoms with E-state index in [2.05, 4.69) is 4.90 Å². The number of carbonyl (C=O) groups is 1. The zero-order chi connectivity index (χ0) is 13.8. The molecular weight excluding hydrogens is 248 g/mol. The Bertz CT molecular complexity index is 481. The first-order chi connectivity index (χ1) is 9.06. The molecule has 0 amide bonds. The van der Waals surface area contributed by atoms with Crippen molar-refractivity contribution < 1.29 is 14.8 Å². The maximum absolute atomic E-state index is 10.8. The second-order valence-electron chi connectivity index (χ2n) is 4.82. The van der Waals surface area contributed by atoms with E-state index in [9.17, 15) is 14.9 Å². The second-order valence-corrected chi connectivity index (χ2v) is 4.82. The van der Waals surface area contributed by atoms with Gasteiger partial charge >= 0.3 is 5.97 Å². The number of piperidine rings is 1. The number of benzene rings is 1. The van der Waals surface area contributed by atoms with Crippen LogP contribution in [0.15, 0.2) is 24.3 Å². The molecule has 1 fully saturated rings.